The molecule has 0 aliphatic carbocycles. The highest BCUT2D eigenvalue weighted by molar-refractivity contribution is 7.99. The molecule has 0 aliphatic heterocycles. The van der Waals surface area contributed by atoms with Gasteiger partial charge in [0.25, 0.3) is 0 Å². The van der Waals surface area contributed by atoms with E-state index in [1.807, 2.05) is 11.7 Å². The van der Waals surface area contributed by atoms with Gasteiger partial charge in [-0.3, -0.25) is 0 Å². The third kappa shape index (κ3) is 5.51. The van der Waals surface area contributed by atoms with Crippen LogP contribution in [-0.2, 0) is 7.05 Å². The van der Waals surface area contributed by atoms with Gasteiger partial charge in [-0.15, -0.1) is 0 Å². The standard InChI is InChI=1S/C11H22N4S/c1-10(2)8-12-6-4-5-7-16-11-13-9-14-15(11)3/h9-10,12H,4-8H2,1-3H3. The van der Waals surface area contributed by atoms with Crippen molar-refractivity contribution in [2.75, 3.05) is 18.8 Å². The zero-order valence-electron chi connectivity index (χ0n) is 10.4. The SMILES string of the molecule is CC(C)CNCCCCSc1ncnn1C. The van der Waals surface area contributed by atoms with Gasteiger partial charge < -0.3 is 5.32 Å². The number of aromatic nitrogens is 3. The zero-order chi connectivity index (χ0) is 11.8. The molecule has 1 aromatic rings. The number of aryl methyl sites for hydroxylation is 1. The van der Waals surface area contributed by atoms with E-state index in [9.17, 15) is 0 Å². The Morgan fingerprint density at radius 2 is 2.25 bits per heavy atom. The van der Waals surface area contributed by atoms with Crippen LogP contribution in [0.5, 0.6) is 0 Å². The number of unbranched alkanes of at least 4 members (excludes halogenated alkanes) is 1. The second-order valence-corrected chi connectivity index (χ2v) is 5.38. The summed E-state index contributed by atoms with van der Waals surface area (Å²) in [5, 5.41) is 8.49. The fourth-order valence-corrected chi connectivity index (χ4v) is 2.21. The molecule has 1 aromatic heterocycles. The van der Waals surface area contributed by atoms with Crippen molar-refractivity contribution in [2.24, 2.45) is 13.0 Å². The summed E-state index contributed by atoms with van der Waals surface area (Å²) in [6, 6.07) is 0. The molecular weight excluding hydrogens is 220 g/mol. The first-order valence-electron chi connectivity index (χ1n) is 5.87. The Hall–Kier alpha value is -0.550. The summed E-state index contributed by atoms with van der Waals surface area (Å²) in [6.07, 6.45) is 4.06. The van der Waals surface area contributed by atoms with Gasteiger partial charge >= 0.3 is 0 Å². The molecule has 0 amide bonds. The maximum absolute atomic E-state index is 4.17. The molecule has 0 saturated carbocycles. The van der Waals surface area contributed by atoms with E-state index in [0.29, 0.717) is 0 Å². The van der Waals surface area contributed by atoms with E-state index in [2.05, 4.69) is 29.2 Å². The van der Waals surface area contributed by atoms with Crippen LogP contribution in [0.3, 0.4) is 0 Å². The van der Waals surface area contributed by atoms with E-state index >= 15 is 0 Å². The lowest BCUT2D eigenvalue weighted by molar-refractivity contribution is 0.541. The highest BCUT2D eigenvalue weighted by atomic mass is 32.2. The average Bonchev–Trinajstić information content (AvgIpc) is 2.62. The van der Waals surface area contributed by atoms with Crippen LogP contribution in [0.25, 0.3) is 0 Å². The summed E-state index contributed by atoms with van der Waals surface area (Å²) < 4.78 is 1.82. The number of nitrogens with zero attached hydrogens (tertiary/aromatic N) is 3. The summed E-state index contributed by atoms with van der Waals surface area (Å²) in [6.45, 7) is 6.71. The number of thioether (sulfide) groups is 1. The molecule has 1 rings (SSSR count). The second kappa shape index (κ2) is 7.68. The maximum atomic E-state index is 4.17. The average molecular weight is 242 g/mol. The normalized spacial score (nSPS) is 11.2. The van der Waals surface area contributed by atoms with Gasteiger partial charge in [0.1, 0.15) is 6.33 Å². The third-order valence-corrected chi connectivity index (χ3v) is 3.32. The van der Waals surface area contributed by atoms with Crippen LogP contribution in [-0.4, -0.2) is 33.6 Å². The number of rotatable bonds is 8. The van der Waals surface area contributed by atoms with E-state index in [1.165, 1.54) is 12.8 Å². The molecule has 0 unspecified atom stereocenters. The minimum atomic E-state index is 0.744. The minimum Gasteiger partial charge on any atom is -0.316 e. The summed E-state index contributed by atoms with van der Waals surface area (Å²) in [5.74, 6) is 1.86. The zero-order valence-corrected chi connectivity index (χ0v) is 11.3. The molecule has 0 bridgehead atoms. The Labute approximate surface area is 102 Å². The number of hydrogen-bond acceptors (Lipinski definition) is 4. The highest BCUT2D eigenvalue weighted by Crippen LogP contribution is 2.14. The molecule has 1 N–H and O–H groups in total. The lowest BCUT2D eigenvalue weighted by Gasteiger charge is -2.06. The summed E-state index contributed by atoms with van der Waals surface area (Å²) in [5.41, 5.74) is 0. The van der Waals surface area contributed by atoms with Gasteiger partial charge in [-0.1, -0.05) is 25.6 Å². The van der Waals surface area contributed by atoms with Crippen LogP contribution >= 0.6 is 11.8 Å². The van der Waals surface area contributed by atoms with E-state index in [1.54, 1.807) is 18.1 Å². The van der Waals surface area contributed by atoms with Gasteiger partial charge in [0.05, 0.1) is 0 Å². The number of nitrogens with one attached hydrogen (secondary N) is 1. The van der Waals surface area contributed by atoms with E-state index in [-0.39, 0.29) is 0 Å². The Kier molecular flexibility index (Phi) is 6.49. The van der Waals surface area contributed by atoms with Crippen molar-refractivity contribution in [1.82, 2.24) is 20.1 Å². The Morgan fingerprint density at radius 3 is 2.88 bits per heavy atom. The largest absolute Gasteiger partial charge is 0.316 e. The van der Waals surface area contributed by atoms with Crippen molar-refractivity contribution in [3.05, 3.63) is 6.33 Å². The molecule has 0 aliphatic rings. The van der Waals surface area contributed by atoms with Crippen LogP contribution in [0.15, 0.2) is 11.5 Å². The van der Waals surface area contributed by atoms with Crippen molar-refractivity contribution >= 4 is 11.8 Å². The topological polar surface area (TPSA) is 42.7 Å². The van der Waals surface area contributed by atoms with Crippen molar-refractivity contribution in [3.63, 3.8) is 0 Å². The van der Waals surface area contributed by atoms with Crippen LogP contribution < -0.4 is 5.32 Å². The molecular formula is C11H22N4S. The highest BCUT2D eigenvalue weighted by Gasteiger charge is 2.00. The molecule has 0 atom stereocenters. The van der Waals surface area contributed by atoms with Gasteiger partial charge in [0.15, 0.2) is 5.16 Å². The molecule has 0 aromatic carbocycles. The fourth-order valence-electron chi connectivity index (χ4n) is 1.32. The van der Waals surface area contributed by atoms with Crippen LogP contribution in [0.1, 0.15) is 26.7 Å². The van der Waals surface area contributed by atoms with Crippen molar-refractivity contribution in [2.45, 2.75) is 31.8 Å². The van der Waals surface area contributed by atoms with Gasteiger partial charge in [0.2, 0.25) is 0 Å². The Bertz CT molecular complexity index is 285. The molecule has 1 heterocycles. The molecule has 0 fully saturated rings. The first-order valence-corrected chi connectivity index (χ1v) is 6.86. The van der Waals surface area contributed by atoms with Crippen molar-refractivity contribution in [3.8, 4) is 0 Å². The maximum Gasteiger partial charge on any atom is 0.185 e. The molecule has 0 saturated heterocycles. The predicted molar refractivity (Wildman–Crippen MR) is 68.7 cm³/mol. The second-order valence-electron chi connectivity index (χ2n) is 4.32. The lowest BCUT2D eigenvalue weighted by Crippen LogP contribution is -2.20. The van der Waals surface area contributed by atoms with Crippen LogP contribution in [0.4, 0.5) is 0 Å². The fraction of sp³-hybridized carbons (Fsp3) is 0.818. The molecule has 92 valence electrons. The predicted octanol–water partition coefficient (Wildman–Crippen LogP) is 1.93. The summed E-state index contributed by atoms with van der Waals surface area (Å²) >= 11 is 1.78. The Morgan fingerprint density at radius 1 is 1.44 bits per heavy atom. The van der Waals surface area contributed by atoms with Crippen LogP contribution in [0, 0.1) is 5.92 Å². The van der Waals surface area contributed by atoms with Crippen molar-refractivity contribution in [1.29, 1.82) is 0 Å². The molecule has 0 spiro atoms. The van der Waals surface area contributed by atoms with E-state index in [4.69, 9.17) is 0 Å². The van der Waals surface area contributed by atoms with Gasteiger partial charge in [0, 0.05) is 12.8 Å². The smallest absolute Gasteiger partial charge is 0.185 e. The van der Waals surface area contributed by atoms with Crippen LogP contribution in [0.2, 0.25) is 0 Å². The third-order valence-electron chi connectivity index (χ3n) is 2.20. The number of hydrogen-bond donors (Lipinski definition) is 1. The molecule has 4 nitrogen and oxygen atoms in total. The summed E-state index contributed by atoms with van der Waals surface area (Å²) in [7, 11) is 1.93. The van der Waals surface area contributed by atoms with Gasteiger partial charge in [-0.05, 0) is 31.8 Å². The molecule has 5 heteroatoms. The van der Waals surface area contributed by atoms with Crippen molar-refractivity contribution < 1.29 is 0 Å². The van der Waals surface area contributed by atoms with Gasteiger partial charge in [-0.25, -0.2) is 9.67 Å². The summed E-state index contributed by atoms with van der Waals surface area (Å²) in [4.78, 5) is 4.17. The van der Waals surface area contributed by atoms with E-state index in [0.717, 1.165) is 29.9 Å². The monoisotopic (exact) mass is 242 g/mol. The first kappa shape index (κ1) is 13.5. The quantitative estimate of drug-likeness (QED) is 0.559. The molecule has 0 radical (unpaired) electrons. The Balaban J connectivity index is 1.94. The first-order chi connectivity index (χ1) is 7.70. The lowest BCUT2D eigenvalue weighted by atomic mass is 10.2. The minimum absolute atomic E-state index is 0.744. The van der Waals surface area contributed by atoms with E-state index < -0.39 is 0 Å². The van der Waals surface area contributed by atoms with Gasteiger partial charge in [-0.2, -0.15) is 5.10 Å². The molecule has 16 heavy (non-hydrogen) atoms.